The van der Waals surface area contributed by atoms with Crippen molar-refractivity contribution in [3.63, 3.8) is 0 Å². The first kappa shape index (κ1) is 35.7. The molecule has 2 heterocycles. The summed E-state index contributed by atoms with van der Waals surface area (Å²) in [6.07, 6.45) is 0. The minimum atomic E-state index is -0.970. The molecule has 0 unspecified atom stereocenters. The Kier molecular flexibility index (Phi) is 8.18. The van der Waals surface area contributed by atoms with Gasteiger partial charge in [0, 0.05) is 22.3 Å². The zero-order valence-electron chi connectivity index (χ0n) is 33.5. The van der Waals surface area contributed by atoms with Gasteiger partial charge in [-0.3, -0.25) is 0 Å². The third-order valence-corrected chi connectivity index (χ3v) is 12.5. The van der Waals surface area contributed by atoms with E-state index in [2.05, 4.69) is 146 Å². The van der Waals surface area contributed by atoms with E-state index in [-0.39, 0.29) is 0 Å². The molecular weight excluding hydrogens is 757 g/mol. The number of hydrogen-bond donors (Lipinski definition) is 0. The largest absolute Gasteiger partial charge is 0.211 e. The Bertz CT molecular complexity index is 3120. The van der Waals surface area contributed by atoms with Crippen LogP contribution in [0.3, 0.4) is 0 Å². The average molecular weight is 793 g/mol. The molecule has 290 valence electrons. The van der Waals surface area contributed by atoms with Crippen molar-refractivity contribution in [1.29, 1.82) is 0 Å². The maximum Gasteiger partial charge on any atom is 0.163 e. The summed E-state index contributed by atoms with van der Waals surface area (Å²) in [6.45, 7) is 0. The summed E-state index contributed by atoms with van der Waals surface area (Å²) in [7, 11) is 0. The fourth-order valence-corrected chi connectivity index (χ4v) is 9.81. The number of benzene rings is 8. The van der Waals surface area contributed by atoms with Gasteiger partial charge in [0.05, 0.1) is 0 Å². The molecule has 13 rings (SSSR count). The average Bonchev–Trinajstić information content (AvgIpc) is 3.37. The van der Waals surface area contributed by atoms with Crippen LogP contribution in [-0.2, 0) is 10.8 Å². The Hall–Kier alpha value is -8.22. The molecule has 0 amide bonds. The van der Waals surface area contributed by atoms with Crippen LogP contribution in [0.5, 0.6) is 0 Å². The van der Waals surface area contributed by atoms with Crippen LogP contribution in [0.2, 0.25) is 0 Å². The van der Waals surface area contributed by atoms with E-state index in [0.29, 0.717) is 34.9 Å². The van der Waals surface area contributed by atoms with Gasteiger partial charge >= 0.3 is 0 Å². The molecule has 0 aliphatic heterocycles. The van der Waals surface area contributed by atoms with Gasteiger partial charge in [-0.2, -0.15) is 0 Å². The van der Waals surface area contributed by atoms with Gasteiger partial charge in [-0.25, -0.2) is 29.9 Å². The van der Waals surface area contributed by atoms with Crippen LogP contribution < -0.4 is 0 Å². The predicted octanol–water partition coefficient (Wildman–Crippen LogP) is 11.8. The topological polar surface area (TPSA) is 77.3 Å². The molecule has 8 aromatic carbocycles. The second-order valence-electron chi connectivity index (χ2n) is 15.8. The molecule has 6 nitrogen and oxygen atoms in total. The first-order chi connectivity index (χ1) is 30.7. The maximum absolute atomic E-state index is 5.56. The van der Waals surface area contributed by atoms with E-state index < -0.39 is 10.8 Å². The molecule has 0 fully saturated rings. The number of rotatable bonds is 7. The molecular formula is C56H36N6. The smallest absolute Gasteiger partial charge is 0.163 e. The lowest BCUT2D eigenvalue weighted by molar-refractivity contribution is 0.517. The van der Waals surface area contributed by atoms with E-state index in [0.717, 1.165) is 66.8 Å². The van der Waals surface area contributed by atoms with Crippen molar-refractivity contribution in [2.24, 2.45) is 0 Å². The minimum Gasteiger partial charge on any atom is -0.211 e. The number of aromatic nitrogens is 6. The lowest BCUT2D eigenvalue weighted by Crippen LogP contribution is -2.53. The van der Waals surface area contributed by atoms with E-state index in [1.807, 2.05) is 72.8 Å². The second-order valence-corrected chi connectivity index (χ2v) is 15.8. The van der Waals surface area contributed by atoms with E-state index >= 15 is 0 Å². The Balaban J connectivity index is 1.24. The highest BCUT2D eigenvalue weighted by molar-refractivity contribution is 5.83. The van der Waals surface area contributed by atoms with Gasteiger partial charge in [0.15, 0.2) is 34.9 Å². The Labute approximate surface area is 359 Å². The fraction of sp³-hybridized carbons (Fsp3) is 0.0357. The quantitative estimate of drug-likeness (QED) is 0.160. The highest BCUT2D eigenvalue weighted by Gasteiger charge is 2.63. The third-order valence-electron chi connectivity index (χ3n) is 12.5. The Morgan fingerprint density at radius 2 is 0.484 bits per heavy atom. The summed E-state index contributed by atoms with van der Waals surface area (Å²) in [6, 6.07) is 75.9. The van der Waals surface area contributed by atoms with Crippen LogP contribution in [-0.4, -0.2) is 29.9 Å². The lowest BCUT2D eigenvalue weighted by atomic mass is 9.46. The SMILES string of the molecule is c1ccc(-c2ccc3c(c2)C2(c4nc(-c5ccccc5)nc(-c5ccccc5)n4)c4ccccc4C3(c3nc(-c4ccccc4)nc(-c4ccccc4)n3)c3ccccc32)cc1. The summed E-state index contributed by atoms with van der Waals surface area (Å²) in [4.78, 5) is 32.5. The first-order valence-electron chi connectivity index (χ1n) is 20.9. The summed E-state index contributed by atoms with van der Waals surface area (Å²) in [5.41, 5.74) is 10.4. The summed E-state index contributed by atoms with van der Waals surface area (Å²) < 4.78 is 0. The molecule has 2 aromatic heterocycles. The highest BCUT2D eigenvalue weighted by Crippen LogP contribution is 2.65. The molecule has 62 heavy (non-hydrogen) atoms. The molecule has 0 saturated heterocycles. The van der Waals surface area contributed by atoms with Gasteiger partial charge in [-0.15, -0.1) is 0 Å². The van der Waals surface area contributed by atoms with Gasteiger partial charge in [-0.1, -0.05) is 212 Å². The van der Waals surface area contributed by atoms with E-state index in [1.54, 1.807) is 0 Å². The molecule has 3 aliphatic carbocycles. The molecule has 0 N–H and O–H groups in total. The summed E-state index contributed by atoms with van der Waals surface area (Å²) >= 11 is 0. The van der Waals surface area contributed by atoms with Gasteiger partial charge in [0.1, 0.15) is 10.8 Å². The zero-order chi connectivity index (χ0) is 41.1. The van der Waals surface area contributed by atoms with Crippen molar-refractivity contribution < 1.29 is 0 Å². The summed E-state index contributed by atoms with van der Waals surface area (Å²) in [5, 5.41) is 0. The minimum absolute atomic E-state index is 0.611. The van der Waals surface area contributed by atoms with Gasteiger partial charge < -0.3 is 0 Å². The monoisotopic (exact) mass is 792 g/mol. The first-order valence-corrected chi connectivity index (χ1v) is 20.9. The molecule has 0 radical (unpaired) electrons. The van der Waals surface area contributed by atoms with Crippen LogP contribution in [0.25, 0.3) is 56.7 Å². The van der Waals surface area contributed by atoms with Gasteiger partial charge in [0.25, 0.3) is 0 Å². The van der Waals surface area contributed by atoms with Crippen molar-refractivity contribution in [1.82, 2.24) is 29.9 Å². The van der Waals surface area contributed by atoms with Crippen LogP contribution in [0.1, 0.15) is 45.0 Å². The van der Waals surface area contributed by atoms with E-state index in [9.17, 15) is 0 Å². The fourth-order valence-electron chi connectivity index (χ4n) is 9.81. The van der Waals surface area contributed by atoms with E-state index in [1.165, 1.54) is 0 Å². The lowest BCUT2D eigenvalue weighted by Gasteiger charge is -2.55. The van der Waals surface area contributed by atoms with E-state index in [4.69, 9.17) is 29.9 Å². The molecule has 0 atom stereocenters. The maximum atomic E-state index is 5.56. The number of nitrogens with zero attached hydrogens (tertiary/aromatic N) is 6. The Morgan fingerprint density at radius 3 is 0.823 bits per heavy atom. The van der Waals surface area contributed by atoms with Crippen molar-refractivity contribution in [3.05, 3.63) is 263 Å². The number of hydrogen-bond acceptors (Lipinski definition) is 6. The molecule has 0 spiro atoms. The summed E-state index contributed by atoms with van der Waals surface area (Å²) in [5.74, 6) is 3.74. The molecule has 10 aromatic rings. The van der Waals surface area contributed by atoms with Gasteiger partial charge in [0.2, 0.25) is 0 Å². The normalized spacial score (nSPS) is 16.8. The molecule has 0 saturated carbocycles. The third kappa shape index (κ3) is 5.30. The van der Waals surface area contributed by atoms with Crippen LogP contribution in [0, 0.1) is 0 Å². The second kappa shape index (κ2) is 14.2. The van der Waals surface area contributed by atoms with Gasteiger partial charge in [-0.05, 0) is 50.6 Å². The molecule has 2 bridgehead atoms. The Morgan fingerprint density at radius 1 is 0.210 bits per heavy atom. The van der Waals surface area contributed by atoms with Crippen molar-refractivity contribution >= 4 is 0 Å². The highest BCUT2D eigenvalue weighted by atomic mass is 15.1. The zero-order valence-corrected chi connectivity index (χ0v) is 33.5. The van der Waals surface area contributed by atoms with Crippen molar-refractivity contribution in [2.45, 2.75) is 10.8 Å². The standard InChI is InChI=1S/C56H36N6/c1-6-20-37(21-7-1)42-34-35-47-48(36-42)56(54-61-51(40-26-12-4-13-27-40)58-52(62-54)41-28-14-5-15-29-41)45-32-18-16-30-43(45)55(47,44-31-17-19-33-46(44)56)53-59-49(38-22-8-2-9-23-38)57-50(60-53)39-24-10-3-11-25-39/h1-36H. The molecule has 6 heteroatoms. The van der Waals surface area contributed by atoms with Crippen LogP contribution in [0.4, 0.5) is 0 Å². The predicted molar refractivity (Wildman–Crippen MR) is 244 cm³/mol. The van der Waals surface area contributed by atoms with Crippen molar-refractivity contribution in [3.8, 4) is 56.7 Å². The van der Waals surface area contributed by atoms with Crippen molar-refractivity contribution in [2.75, 3.05) is 0 Å². The van der Waals surface area contributed by atoms with Crippen LogP contribution in [0.15, 0.2) is 218 Å². The molecule has 3 aliphatic rings. The van der Waals surface area contributed by atoms with Crippen LogP contribution >= 0.6 is 0 Å².